The zero-order chi connectivity index (χ0) is 32.6. The van der Waals surface area contributed by atoms with Gasteiger partial charge in [-0.2, -0.15) is 26.3 Å². The first-order valence-corrected chi connectivity index (χ1v) is 12.0. The number of aromatic nitrogens is 3. The molecule has 0 aliphatic heterocycles. The number of para-hydroxylation sites is 1. The van der Waals surface area contributed by atoms with E-state index < -0.39 is 24.3 Å². The zero-order valence-corrected chi connectivity index (χ0v) is 22.1. The van der Waals surface area contributed by atoms with E-state index in [1.807, 2.05) is 24.3 Å². The molecule has 0 unspecified atom stereocenters. The molecule has 0 spiro atoms. The lowest BCUT2D eigenvalue weighted by Crippen LogP contribution is -2.37. The summed E-state index contributed by atoms with van der Waals surface area (Å²) in [7, 11) is 0. The molecule has 2 heterocycles. The third kappa shape index (κ3) is 14.9. The van der Waals surface area contributed by atoms with Gasteiger partial charge >= 0.3 is 24.3 Å². The molecule has 0 aliphatic rings. The van der Waals surface area contributed by atoms with Crippen LogP contribution in [0.15, 0.2) is 47.8 Å². The maximum Gasteiger partial charge on any atom is 0.490 e. The van der Waals surface area contributed by atoms with E-state index in [1.54, 1.807) is 18.6 Å². The van der Waals surface area contributed by atoms with E-state index in [9.17, 15) is 35.9 Å². The van der Waals surface area contributed by atoms with Crippen LogP contribution in [0.4, 0.5) is 26.3 Å². The number of aliphatic imine (C=N–C) groups is 1. The summed E-state index contributed by atoms with van der Waals surface area (Å²) in [6, 6.07) is 9.50. The van der Waals surface area contributed by atoms with Crippen LogP contribution in [0.2, 0.25) is 0 Å². The number of carbonyl (C=O) groups excluding carboxylic acids is 2. The maximum absolute atomic E-state index is 12.2. The standard InChI is InChI=1S/C20H25N7O2.2C2HF3O2/c21-20(24-10-3-6-15-12-22-13-25-15)27-18(28)8-4-9-23-19(29)17-11-14-5-1-2-7-16(14)26-17;2*3-2(4,5)1(6)7/h1-2,5,7,11-13,26H,3-4,6,8-10H2,(H,22,25)(H,23,29)(H3,21,24,27,28);2*(H,6,7). The van der Waals surface area contributed by atoms with Gasteiger partial charge < -0.3 is 31.2 Å². The largest absolute Gasteiger partial charge is 0.490 e. The molecule has 2 aromatic heterocycles. The van der Waals surface area contributed by atoms with E-state index in [-0.39, 0.29) is 24.2 Å². The molecule has 13 nitrogen and oxygen atoms in total. The number of amides is 2. The number of carboxylic acids is 2. The van der Waals surface area contributed by atoms with Gasteiger partial charge in [-0.3, -0.25) is 19.9 Å². The summed E-state index contributed by atoms with van der Waals surface area (Å²) in [5.41, 5.74) is 8.18. The van der Waals surface area contributed by atoms with E-state index in [2.05, 4.69) is 30.6 Å². The lowest BCUT2D eigenvalue weighted by atomic mass is 10.2. The van der Waals surface area contributed by atoms with Gasteiger partial charge in [0, 0.05) is 42.3 Å². The summed E-state index contributed by atoms with van der Waals surface area (Å²) in [5, 5.41) is 20.6. The predicted molar refractivity (Wildman–Crippen MR) is 139 cm³/mol. The number of aliphatic carboxylic acids is 2. The zero-order valence-electron chi connectivity index (χ0n) is 22.1. The van der Waals surface area contributed by atoms with Gasteiger partial charge in [0.2, 0.25) is 5.91 Å². The van der Waals surface area contributed by atoms with Gasteiger partial charge in [0.1, 0.15) is 5.69 Å². The van der Waals surface area contributed by atoms with Crippen molar-refractivity contribution in [2.24, 2.45) is 10.7 Å². The monoisotopic (exact) mass is 623 g/mol. The quantitative estimate of drug-likeness (QED) is 0.0812. The van der Waals surface area contributed by atoms with Gasteiger partial charge in [0.25, 0.3) is 5.91 Å². The van der Waals surface area contributed by atoms with Crippen molar-refractivity contribution in [1.82, 2.24) is 25.6 Å². The summed E-state index contributed by atoms with van der Waals surface area (Å²) in [6.07, 6.45) is -4.39. The molecule has 0 bridgehead atoms. The fraction of sp³-hybridized carbons (Fsp3) is 0.333. The van der Waals surface area contributed by atoms with E-state index in [0.717, 1.165) is 29.4 Å². The van der Waals surface area contributed by atoms with Crippen molar-refractivity contribution in [2.45, 2.75) is 38.0 Å². The van der Waals surface area contributed by atoms with Gasteiger partial charge in [-0.1, -0.05) is 18.2 Å². The Morgan fingerprint density at radius 1 is 0.977 bits per heavy atom. The number of fused-ring (bicyclic) bond motifs is 1. The molecule has 0 radical (unpaired) electrons. The van der Waals surface area contributed by atoms with E-state index in [0.29, 0.717) is 25.2 Å². The summed E-state index contributed by atoms with van der Waals surface area (Å²) in [4.78, 5) is 56.0. The number of alkyl halides is 6. The number of nitrogens with two attached hydrogens (primary N) is 1. The van der Waals surface area contributed by atoms with Crippen LogP contribution < -0.4 is 16.4 Å². The minimum Gasteiger partial charge on any atom is -0.475 e. The lowest BCUT2D eigenvalue weighted by molar-refractivity contribution is -0.193. The van der Waals surface area contributed by atoms with Crippen molar-refractivity contribution in [2.75, 3.05) is 13.1 Å². The normalized spacial score (nSPS) is 11.4. The Morgan fingerprint density at radius 2 is 1.58 bits per heavy atom. The first kappa shape index (κ1) is 35.9. The number of nitrogens with one attached hydrogen (secondary N) is 4. The van der Waals surface area contributed by atoms with Gasteiger partial charge in [0.05, 0.1) is 6.33 Å². The number of halogens is 6. The molecule has 2 amide bonds. The summed E-state index contributed by atoms with van der Waals surface area (Å²) in [5.74, 6) is -5.82. The number of aryl methyl sites for hydroxylation is 1. The third-order valence-electron chi connectivity index (χ3n) is 4.83. The van der Waals surface area contributed by atoms with Crippen LogP contribution in [-0.4, -0.2) is 80.3 Å². The molecule has 0 saturated heterocycles. The Hall–Kier alpha value is -5.10. The van der Waals surface area contributed by atoms with Crippen molar-refractivity contribution in [3.8, 4) is 0 Å². The summed E-state index contributed by atoms with van der Waals surface area (Å²) < 4.78 is 63.5. The molecule has 3 aromatic rings. The van der Waals surface area contributed by atoms with Crippen LogP contribution in [0.1, 0.15) is 35.4 Å². The molecular weight excluding hydrogens is 596 g/mol. The van der Waals surface area contributed by atoms with Crippen LogP contribution in [0, 0.1) is 0 Å². The number of hydrogen-bond donors (Lipinski definition) is 7. The molecule has 0 fully saturated rings. The highest BCUT2D eigenvalue weighted by atomic mass is 19.4. The molecular formula is C24H27F6N7O6. The van der Waals surface area contributed by atoms with Crippen molar-refractivity contribution in [3.05, 3.63) is 54.2 Å². The Kier molecular flexibility index (Phi) is 14.2. The van der Waals surface area contributed by atoms with Gasteiger partial charge in [-0.05, 0) is 31.4 Å². The number of rotatable bonds is 9. The maximum atomic E-state index is 12.2. The highest BCUT2D eigenvalue weighted by Crippen LogP contribution is 2.15. The molecule has 0 atom stereocenters. The number of aromatic amines is 2. The second-order valence-electron chi connectivity index (χ2n) is 8.23. The summed E-state index contributed by atoms with van der Waals surface area (Å²) in [6.45, 7) is 0.911. The van der Waals surface area contributed by atoms with Gasteiger partial charge in [0.15, 0.2) is 5.96 Å². The molecule has 0 saturated carbocycles. The number of benzene rings is 1. The van der Waals surface area contributed by atoms with Crippen LogP contribution >= 0.6 is 0 Å². The smallest absolute Gasteiger partial charge is 0.475 e. The van der Waals surface area contributed by atoms with Crippen LogP contribution in [0.3, 0.4) is 0 Å². The highest BCUT2D eigenvalue weighted by Gasteiger charge is 2.38. The van der Waals surface area contributed by atoms with Crippen LogP contribution in [-0.2, 0) is 20.8 Å². The second-order valence-corrected chi connectivity index (χ2v) is 8.23. The van der Waals surface area contributed by atoms with Crippen molar-refractivity contribution in [1.29, 1.82) is 0 Å². The molecule has 236 valence electrons. The lowest BCUT2D eigenvalue weighted by Gasteiger charge is -2.06. The molecule has 43 heavy (non-hydrogen) atoms. The SMILES string of the molecule is NC(=NCCCc1cnc[nH]1)NC(=O)CCCNC(=O)c1cc2ccccc2[nH]1.O=C(O)C(F)(F)F.O=C(O)C(F)(F)F. The highest BCUT2D eigenvalue weighted by molar-refractivity contribution is 5.98. The van der Waals surface area contributed by atoms with Crippen molar-refractivity contribution < 1.29 is 55.7 Å². The first-order valence-electron chi connectivity index (χ1n) is 12.0. The minimum absolute atomic E-state index is 0.113. The minimum atomic E-state index is -5.08. The van der Waals surface area contributed by atoms with Crippen LogP contribution in [0.25, 0.3) is 10.9 Å². The van der Waals surface area contributed by atoms with Crippen LogP contribution in [0.5, 0.6) is 0 Å². The van der Waals surface area contributed by atoms with E-state index in [4.69, 9.17) is 25.5 Å². The fourth-order valence-corrected chi connectivity index (χ4v) is 2.88. The van der Waals surface area contributed by atoms with E-state index >= 15 is 0 Å². The van der Waals surface area contributed by atoms with Gasteiger partial charge in [-0.15, -0.1) is 0 Å². The first-order chi connectivity index (χ1) is 20.0. The number of nitrogens with zero attached hydrogens (tertiary/aromatic N) is 2. The van der Waals surface area contributed by atoms with Crippen molar-refractivity contribution >= 4 is 40.6 Å². The molecule has 3 rings (SSSR count). The predicted octanol–water partition coefficient (Wildman–Crippen LogP) is 2.73. The van der Waals surface area contributed by atoms with Crippen molar-refractivity contribution in [3.63, 3.8) is 0 Å². The van der Waals surface area contributed by atoms with E-state index in [1.165, 1.54) is 0 Å². The molecule has 1 aromatic carbocycles. The average Bonchev–Trinajstić information content (AvgIpc) is 3.59. The number of carboxylic acid groups (broad SMARTS) is 2. The number of hydrogen-bond acceptors (Lipinski definition) is 6. The third-order valence-corrected chi connectivity index (χ3v) is 4.83. The molecule has 0 aliphatic carbocycles. The van der Waals surface area contributed by atoms with Gasteiger partial charge in [-0.25, -0.2) is 14.6 Å². The topological polar surface area (TPSA) is 216 Å². The Morgan fingerprint density at radius 3 is 2.12 bits per heavy atom. The Balaban J connectivity index is 0.000000548. The summed E-state index contributed by atoms with van der Waals surface area (Å²) >= 11 is 0. The number of carbonyl (C=O) groups is 4. The number of guanidine groups is 1. The number of H-pyrrole nitrogens is 2. The Labute approximate surface area is 238 Å². The Bertz CT molecular complexity index is 1310. The fourth-order valence-electron chi connectivity index (χ4n) is 2.88. The molecule has 19 heteroatoms. The second kappa shape index (κ2) is 17.0. The average molecular weight is 624 g/mol. The molecule has 8 N–H and O–H groups in total. The number of imidazole rings is 1.